The van der Waals surface area contributed by atoms with E-state index in [-0.39, 0.29) is 0 Å². The predicted molar refractivity (Wildman–Crippen MR) is 86.2 cm³/mol. The van der Waals surface area contributed by atoms with Crippen molar-refractivity contribution in [3.63, 3.8) is 0 Å². The standard InChI is InChI=1S/C13H7BrCl2N2S/c14-7-1-3-9(16)12(5-7)18-11-4-2-8(15)6-10(11)17-13(18)19/h1-6H,(H,17,19). The summed E-state index contributed by atoms with van der Waals surface area (Å²) in [6.45, 7) is 0. The minimum absolute atomic E-state index is 0.581. The molecule has 0 amide bonds. The van der Waals surface area contributed by atoms with E-state index in [1.165, 1.54) is 0 Å². The number of hydrogen-bond donors (Lipinski definition) is 1. The fraction of sp³-hybridized carbons (Fsp3) is 0. The fourth-order valence-corrected chi connectivity index (χ4v) is 3.01. The number of benzene rings is 2. The van der Waals surface area contributed by atoms with Crippen LogP contribution in [0.5, 0.6) is 0 Å². The van der Waals surface area contributed by atoms with Crippen molar-refractivity contribution in [1.82, 2.24) is 9.55 Å². The first kappa shape index (κ1) is 13.2. The zero-order valence-corrected chi connectivity index (χ0v) is 13.4. The third-order valence-electron chi connectivity index (χ3n) is 2.79. The molecule has 0 saturated heterocycles. The third kappa shape index (κ3) is 2.34. The van der Waals surface area contributed by atoms with Crippen LogP contribution in [0.15, 0.2) is 40.9 Å². The Bertz CT molecular complexity index is 838. The molecule has 3 aromatic rings. The number of nitrogens with one attached hydrogen (secondary N) is 1. The van der Waals surface area contributed by atoms with Gasteiger partial charge in [-0.15, -0.1) is 0 Å². The van der Waals surface area contributed by atoms with Gasteiger partial charge in [-0.3, -0.25) is 4.57 Å². The van der Waals surface area contributed by atoms with Crippen LogP contribution in [-0.4, -0.2) is 9.55 Å². The van der Waals surface area contributed by atoms with E-state index in [0.29, 0.717) is 14.8 Å². The van der Waals surface area contributed by atoms with Gasteiger partial charge in [0, 0.05) is 9.50 Å². The molecule has 6 heteroatoms. The van der Waals surface area contributed by atoms with E-state index in [1.807, 2.05) is 41.0 Å². The van der Waals surface area contributed by atoms with Crippen LogP contribution in [-0.2, 0) is 0 Å². The first-order valence-electron chi connectivity index (χ1n) is 5.42. The maximum absolute atomic E-state index is 6.26. The highest BCUT2D eigenvalue weighted by Crippen LogP contribution is 2.29. The number of hydrogen-bond acceptors (Lipinski definition) is 1. The van der Waals surface area contributed by atoms with E-state index in [2.05, 4.69) is 20.9 Å². The second-order valence-corrected chi connectivity index (χ2v) is 6.17. The van der Waals surface area contributed by atoms with Gasteiger partial charge in [0.15, 0.2) is 4.77 Å². The van der Waals surface area contributed by atoms with Gasteiger partial charge in [-0.2, -0.15) is 0 Å². The second-order valence-electron chi connectivity index (χ2n) is 4.02. The van der Waals surface area contributed by atoms with Crippen LogP contribution in [0.3, 0.4) is 0 Å². The van der Waals surface area contributed by atoms with Crippen molar-refractivity contribution in [1.29, 1.82) is 0 Å². The highest BCUT2D eigenvalue weighted by atomic mass is 79.9. The Morgan fingerprint density at radius 1 is 1.11 bits per heavy atom. The maximum Gasteiger partial charge on any atom is 0.182 e. The molecule has 0 atom stereocenters. The Morgan fingerprint density at radius 2 is 1.89 bits per heavy atom. The first-order chi connectivity index (χ1) is 9.06. The average molecular weight is 374 g/mol. The molecule has 3 rings (SSSR count). The topological polar surface area (TPSA) is 20.7 Å². The summed E-state index contributed by atoms with van der Waals surface area (Å²) in [4.78, 5) is 3.13. The van der Waals surface area contributed by atoms with Crippen molar-refractivity contribution in [2.45, 2.75) is 0 Å². The minimum Gasteiger partial charge on any atom is -0.330 e. The van der Waals surface area contributed by atoms with Crippen LogP contribution in [0, 0.1) is 4.77 Å². The van der Waals surface area contributed by atoms with Crippen LogP contribution in [0.4, 0.5) is 0 Å². The van der Waals surface area contributed by atoms with Crippen LogP contribution in [0.2, 0.25) is 10.0 Å². The highest BCUT2D eigenvalue weighted by Gasteiger charge is 2.10. The molecule has 0 aliphatic heterocycles. The molecule has 2 nitrogen and oxygen atoms in total. The summed E-state index contributed by atoms with van der Waals surface area (Å²) in [5.74, 6) is 0. The van der Waals surface area contributed by atoms with Gasteiger partial charge in [-0.05, 0) is 48.6 Å². The van der Waals surface area contributed by atoms with E-state index in [1.54, 1.807) is 0 Å². The number of rotatable bonds is 1. The smallest absolute Gasteiger partial charge is 0.182 e. The Hall–Kier alpha value is -0.810. The number of halogens is 3. The molecule has 0 radical (unpaired) electrons. The van der Waals surface area contributed by atoms with Crippen LogP contribution >= 0.6 is 51.3 Å². The summed E-state index contributed by atoms with van der Waals surface area (Å²) in [5.41, 5.74) is 2.65. The number of H-pyrrole nitrogens is 1. The number of fused-ring (bicyclic) bond motifs is 1. The monoisotopic (exact) mass is 372 g/mol. The normalized spacial score (nSPS) is 11.1. The second kappa shape index (κ2) is 4.94. The van der Waals surface area contributed by atoms with Crippen molar-refractivity contribution in [2.75, 3.05) is 0 Å². The molecule has 1 N–H and O–H groups in total. The Morgan fingerprint density at radius 3 is 2.68 bits per heavy atom. The lowest BCUT2D eigenvalue weighted by molar-refractivity contribution is 1.06. The summed E-state index contributed by atoms with van der Waals surface area (Å²) in [7, 11) is 0. The minimum atomic E-state index is 0.581. The Labute approximate surface area is 133 Å². The SMILES string of the molecule is S=c1[nH]c2cc(Cl)ccc2n1-c1cc(Br)ccc1Cl. The van der Waals surface area contributed by atoms with Crippen molar-refractivity contribution < 1.29 is 0 Å². The molecule has 96 valence electrons. The lowest BCUT2D eigenvalue weighted by atomic mass is 10.3. The molecule has 0 saturated carbocycles. The van der Waals surface area contributed by atoms with E-state index in [9.17, 15) is 0 Å². The van der Waals surface area contributed by atoms with E-state index >= 15 is 0 Å². The average Bonchev–Trinajstić information content (AvgIpc) is 2.67. The maximum atomic E-state index is 6.26. The van der Waals surface area contributed by atoms with Gasteiger partial charge >= 0.3 is 0 Å². The van der Waals surface area contributed by atoms with E-state index in [4.69, 9.17) is 35.4 Å². The van der Waals surface area contributed by atoms with Crippen molar-refractivity contribution in [2.24, 2.45) is 0 Å². The zero-order valence-electron chi connectivity index (χ0n) is 9.45. The summed E-state index contributed by atoms with van der Waals surface area (Å²) >= 11 is 21.1. The third-order valence-corrected chi connectivity index (χ3v) is 4.13. The zero-order chi connectivity index (χ0) is 13.6. The molecule has 2 aromatic carbocycles. The fourth-order valence-electron chi connectivity index (χ4n) is 1.98. The van der Waals surface area contributed by atoms with Gasteiger partial charge in [-0.25, -0.2) is 0 Å². The molecule has 0 spiro atoms. The number of aromatic nitrogens is 2. The molecular weight excluding hydrogens is 367 g/mol. The van der Waals surface area contributed by atoms with Crippen molar-refractivity contribution in [3.8, 4) is 5.69 Å². The van der Waals surface area contributed by atoms with Crippen molar-refractivity contribution in [3.05, 3.63) is 55.7 Å². The quantitative estimate of drug-likeness (QED) is 0.538. The van der Waals surface area contributed by atoms with E-state index in [0.717, 1.165) is 21.2 Å². The predicted octanol–water partition coefficient (Wildman–Crippen LogP) is 5.76. The van der Waals surface area contributed by atoms with Gasteiger partial charge in [-0.1, -0.05) is 39.1 Å². The number of aromatic amines is 1. The molecule has 0 bridgehead atoms. The van der Waals surface area contributed by atoms with Gasteiger partial charge in [0.1, 0.15) is 0 Å². The number of imidazole rings is 1. The highest BCUT2D eigenvalue weighted by molar-refractivity contribution is 9.10. The molecule has 0 aliphatic rings. The molecule has 1 heterocycles. The van der Waals surface area contributed by atoms with Gasteiger partial charge < -0.3 is 4.98 Å². The van der Waals surface area contributed by atoms with Gasteiger partial charge in [0.25, 0.3) is 0 Å². The van der Waals surface area contributed by atoms with Gasteiger partial charge in [0.05, 0.1) is 21.7 Å². The molecule has 0 fully saturated rings. The molecule has 1 aromatic heterocycles. The summed E-state index contributed by atoms with van der Waals surface area (Å²) in [6.07, 6.45) is 0. The summed E-state index contributed by atoms with van der Waals surface area (Å²) in [6, 6.07) is 11.2. The molecule has 0 unspecified atom stereocenters. The lowest BCUT2D eigenvalue weighted by Crippen LogP contribution is -1.95. The molecular formula is C13H7BrCl2N2S. The summed E-state index contributed by atoms with van der Waals surface area (Å²) < 4.78 is 3.42. The van der Waals surface area contributed by atoms with Crippen LogP contribution in [0.25, 0.3) is 16.7 Å². The Kier molecular flexibility index (Phi) is 3.43. The van der Waals surface area contributed by atoms with Gasteiger partial charge in [0.2, 0.25) is 0 Å². The Balaban J connectivity index is 2.39. The van der Waals surface area contributed by atoms with Crippen LogP contribution in [0.1, 0.15) is 0 Å². The number of nitrogens with zero attached hydrogens (tertiary/aromatic N) is 1. The first-order valence-corrected chi connectivity index (χ1v) is 7.38. The van der Waals surface area contributed by atoms with E-state index < -0.39 is 0 Å². The van der Waals surface area contributed by atoms with Crippen molar-refractivity contribution >= 4 is 62.4 Å². The van der Waals surface area contributed by atoms with Crippen LogP contribution < -0.4 is 0 Å². The largest absolute Gasteiger partial charge is 0.330 e. The lowest BCUT2D eigenvalue weighted by Gasteiger charge is -2.07. The summed E-state index contributed by atoms with van der Waals surface area (Å²) in [5, 5.41) is 1.30. The molecule has 0 aliphatic carbocycles. The molecule has 19 heavy (non-hydrogen) atoms.